The van der Waals surface area contributed by atoms with Crippen molar-refractivity contribution in [3.05, 3.63) is 84.9 Å². The summed E-state index contributed by atoms with van der Waals surface area (Å²) in [7, 11) is 0. The van der Waals surface area contributed by atoms with E-state index in [0.717, 1.165) is 11.1 Å². The molecule has 6 nitrogen and oxygen atoms in total. The lowest BCUT2D eigenvalue weighted by Crippen LogP contribution is -1.86. The standard InChI is InChI=1S/C22H17N5O/c23-17-10-6-7-15-13-14-20(28)22(21(15)17)27-26-19-12-5-4-11-18(19)25-24-16-8-2-1-3-9-16/h1-14,28H,23H2. The summed E-state index contributed by atoms with van der Waals surface area (Å²) in [5, 5.41) is 28.9. The van der Waals surface area contributed by atoms with E-state index in [-0.39, 0.29) is 5.75 Å². The average molecular weight is 367 g/mol. The second-order valence-corrected chi connectivity index (χ2v) is 6.10. The van der Waals surface area contributed by atoms with Gasteiger partial charge in [-0.05, 0) is 41.8 Å². The Kier molecular flexibility index (Phi) is 4.76. The van der Waals surface area contributed by atoms with E-state index in [1.54, 1.807) is 30.3 Å². The van der Waals surface area contributed by atoms with Gasteiger partial charge in [0.2, 0.25) is 0 Å². The number of nitrogens with two attached hydrogens (primary N) is 1. The third kappa shape index (κ3) is 3.57. The van der Waals surface area contributed by atoms with Crippen LogP contribution in [-0.4, -0.2) is 5.11 Å². The van der Waals surface area contributed by atoms with Gasteiger partial charge in [-0.25, -0.2) is 0 Å². The summed E-state index contributed by atoms with van der Waals surface area (Å²) in [4.78, 5) is 0. The van der Waals surface area contributed by atoms with E-state index in [1.165, 1.54) is 0 Å². The topological polar surface area (TPSA) is 95.7 Å². The van der Waals surface area contributed by atoms with Gasteiger partial charge in [-0.1, -0.05) is 48.5 Å². The van der Waals surface area contributed by atoms with Gasteiger partial charge < -0.3 is 10.8 Å². The van der Waals surface area contributed by atoms with Gasteiger partial charge in [0.25, 0.3) is 0 Å². The minimum atomic E-state index is 0.0116. The predicted octanol–water partition coefficient (Wildman–Crippen LogP) is 6.96. The van der Waals surface area contributed by atoms with Gasteiger partial charge in [-0.2, -0.15) is 5.11 Å². The number of nitrogens with zero attached hydrogens (tertiary/aromatic N) is 4. The monoisotopic (exact) mass is 367 g/mol. The van der Waals surface area contributed by atoms with Crippen LogP contribution in [0.2, 0.25) is 0 Å². The highest BCUT2D eigenvalue weighted by molar-refractivity contribution is 6.03. The molecule has 0 saturated heterocycles. The van der Waals surface area contributed by atoms with Gasteiger partial charge in [0.1, 0.15) is 22.8 Å². The molecule has 0 aliphatic rings. The zero-order valence-electron chi connectivity index (χ0n) is 14.9. The van der Waals surface area contributed by atoms with E-state index >= 15 is 0 Å². The Labute approximate surface area is 161 Å². The Hall–Kier alpha value is -4.06. The largest absolute Gasteiger partial charge is 0.506 e. The number of fused-ring (bicyclic) bond motifs is 1. The van der Waals surface area contributed by atoms with Crippen LogP contribution in [0.25, 0.3) is 10.8 Å². The molecule has 0 atom stereocenters. The van der Waals surface area contributed by atoms with Gasteiger partial charge in [-0.15, -0.1) is 15.3 Å². The van der Waals surface area contributed by atoms with Gasteiger partial charge in [0, 0.05) is 11.1 Å². The Bertz CT molecular complexity index is 1190. The van der Waals surface area contributed by atoms with E-state index in [2.05, 4.69) is 20.5 Å². The van der Waals surface area contributed by atoms with Crippen molar-refractivity contribution in [2.24, 2.45) is 20.5 Å². The molecular weight excluding hydrogens is 350 g/mol. The van der Waals surface area contributed by atoms with Crippen molar-refractivity contribution in [3.63, 3.8) is 0 Å². The van der Waals surface area contributed by atoms with Crippen LogP contribution in [0.15, 0.2) is 105 Å². The summed E-state index contributed by atoms with van der Waals surface area (Å²) < 4.78 is 0. The number of azo groups is 2. The van der Waals surface area contributed by atoms with Crippen LogP contribution in [0.3, 0.4) is 0 Å². The highest BCUT2D eigenvalue weighted by atomic mass is 16.3. The third-order valence-electron chi connectivity index (χ3n) is 4.20. The molecule has 0 spiro atoms. The second-order valence-electron chi connectivity index (χ2n) is 6.10. The lowest BCUT2D eigenvalue weighted by atomic mass is 10.1. The Morgan fingerprint density at radius 2 is 1.29 bits per heavy atom. The van der Waals surface area contributed by atoms with Crippen molar-refractivity contribution in [1.29, 1.82) is 0 Å². The molecular formula is C22H17N5O. The molecule has 0 unspecified atom stereocenters. The first-order valence-corrected chi connectivity index (χ1v) is 8.70. The first-order valence-electron chi connectivity index (χ1n) is 8.70. The molecule has 6 heteroatoms. The van der Waals surface area contributed by atoms with Crippen LogP contribution < -0.4 is 5.73 Å². The van der Waals surface area contributed by atoms with Crippen LogP contribution >= 0.6 is 0 Å². The molecule has 3 N–H and O–H groups in total. The molecule has 0 aliphatic carbocycles. The van der Waals surface area contributed by atoms with Crippen molar-refractivity contribution in [1.82, 2.24) is 0 Å². The minimum Gasteiger partial charge on any atom is -0.506 e. The van der Waals surface area contributed by atoms with E-state index in [1.807, 2.05) is 54.6 Å². The van der Waals surface area contributed by atoms with Crippen molar-refractivity contribution >= 4 is 39.2 Å². The number of phenols is 1. The fraction of sp³-hybridized carbons (Fsp3) is 0. The molecule has 0 aliphatic heterocycles. The van der Waals surface area contributed by atoms with Gasteiger partial charge in [0.15, 0.2) is 0 Å². The Balaban J connectivity index is 1.73. The lowest BCUT2D eigenvalue weighted by molar-refractivity contribution is 0.477. The third-order valence-corrected chi connectivity index (χ3v) is 4.20. The fourth-order valence-corrected chi connectivity index (χ4v) is 2.82. The molecule has 0 aromatic heterocycles. The molecule has 0 saturated carbocycles. The summed E-state index contributed by atoms with van der Waals surface area (Å²) in [6, 6.07) is 25.6. The number of anilines is 1. The number of hydrogen-bond donors (Lipinski definition) is 2. The molecule has 4 aromatic carbocycles. The van der Waals surface area contributed by atoms with Crippen LogP contribution in [0.4, 0.5) is 28.4 Å². The van der Waals surface area contributed by atoms with Crippen molar-refractivity contribution in [3.8, 4) is 5.75 Å². The highest BCUT2D eigenvalue weighted by Gasteiger charge is 2.09. The van der Waals surface area contributed by atoms with Crippen molar-refractivity contribution in [2.75, 3.05) is 5.73 Å². The molecule has 4 aromatic rings. The minimum absolute atomic E-state index is 0.0116. The van der Waals surface area contributed by atoms with E-state index in [4.69, 9.17) is 5.73 Å². The summed E-state index contributed by atoms with van der Waals surface area (Å²) in [5.74, 6) is 0.0116. The maximum Gasteiger partial charge on any atom is 0.143 e. The summed E-state index contributed by atoms with van der Waals surface area (Å²) in [6.07, 6.45) is 0. The second kappa shape index (κ2) is 7.67. The van der Waals surface area contributed by atoms with Crippen LogP contribution in [-0.2, 0) is 0 Å². The number of aromatic hydroxyl groups is 1. The van der Waals surface area contributed by atoms with Gasteiger partial charge >= 0.3 is 0 Å². The normalized spacial score (nSPS) is 11.6. The fourth-order valence-electron chi connectivity index (χ4n) is 2.82. The molecule has 28 heavy (non-hydrogen) atoms. The number of benzene rings is 4. The van der Waals surface area contributed by atoms with E-state index in [0.29, 0.717) is 28.1 Å². The average Bonchev–Trinajstić information content (AvgIpc) is 2.73. The van der Waals surface area contributed by atoms with Crippen molar-refractivity contribution < 1.29 is 5.11 Å². The first kappa shape index (κ1) is 17.4. The Morgan fingerprint density at radius 3 is 2.04 bits per heavy atom. The van der Waals surface area contributed by atoms with Crippen LogP contribution in [0, 0.1) is 0 Å². The zero-order chi connectivity index (χ0) is 19.3. The highest BCUT2D eigenvalue weighted by Crippen LogP contribution is 2.40. The molecule has 4 rings (SSSR count). The smallest absolute Gasteiger partial charge is 0.143 e. The maximum atomic E-state index is 10.3. The van der Waals surface area contributed by atoms with Crippen LogP contribution in [0.5, 0.6) is 5.75 Å². The number of nitrogen functional groups attached to an aromatic ring is 1. The van der Waals surface area contributed by atoms with E-state index in [9.17, 15) is 5.11 Å². The lowest BCUT2D eigenvalue weighted by Gasteiger charge is -2.06. The maximum absolute atomic E-state index is 10.3. The molecule has 136 valence electrons. The quantitative estimate of drug-likeness (QED) is 0.301. The molecule has 0 amide bonds. The summed E-state index contributed by atoms with van der Waals surface area (Å²) in [6.45, 7) is 0. The number of phenolic OH excluding ortho intramolecular Hbond substituents is 1. The SMILES string of the molecule is Nc1cccc2ccc(O)c(N=Nc3ccccc3N=Nc3ccccc3)c12. The summed E-state index contributed by atoms with van der Waals surface area (Å²) >= 11 is 0. The first-order chi connectivity index (χ1) is 13.7. The van der Waals surface area contributed by atoms with Crippen LogP contribution in [0.1, 0.15) is 0 Å². The van der Waals surface area contributed by atoms with E-state index < -0.39 is 0 Å². The molecule has 0 fully saturated rings. The number of hydrogen-bond acceptors (Lipinski definition) is 6. The summed E-state index contributed by atoms with van der Waals surface area (Å²) in [5.41, 5.74) is 8.79. The Morgan fingerprint density at radius 1 is 0.607 bits per heavy atom. The predicted molar refractivity (Wildman–Crippen MR) is 111 cm³/mol. The van der Waals surface area contributed by atoms with Gasteiger partial charge in [-0.3, -0.25) is 0 Å². The molecule has 0 heterocycles. The molecule has 0 radical (unpaired) electrons. The van der Waals surface area contributed by atoms with Crippen molar-refractivity contribution in [2.45, 2.75) is 0 Å². The van der Waals surface area contributed by atoms with Gasteiger partial charge in [0.05, 0.1) is 5.69 Å². The molecule has 0 bridgehead atoms. The number of rotatable bonds is 4. The zero-order valence-corrected chi connectivity index (χ0v) is 14.9.